The number of carbonyl (C=O) groups excluding carboxylic acids is 5. The minimum atomic E-state index is -1.41. The van der Waals surface area contributed by atoms with E-state index >= 15 is 0 Å². The van der Waals surface area contributed by atoms with E-state index in [0.29, 0.717) is 11.3 Å². The van der Waals surface area contributed by atoms with Gasteiger partial charge in [-0.15, -0.1) is 0 Å². The highest BCUT2D eigenvalue weighted by molar-refractivity contribution is 7.98. The van der Waals surface area contributed by atoms with E-state index in [4.69, 9.17) is 17.2 Å². The number of nitrogens with one attached hydrogen (secondary N) is 3. The summed E-state index contributed by atoms with van der Waals surface area (Å²) in [6.45, 7) is 0. The van der Waals surface area contributed by atoms with Crippen LogP contribution < -0.4 is 33.2 Å². The van der Waals surface area contributed by atoms with Gasteiger partial charge < -0.3 is 38.3 Å². The Morgan fingerprint density at radius 1 is 0.838 bits per heavy atom. The summed E-state index contributed by atoms with van der Waals surface area (Å²) in [5.74, 6) is -4.65. The monoisotopic (exact) mass is 538 g/mol. The van der Waals surface area contributed by atoms with Gasteiger partial charge >= 0.3 is 5.97 Å². The van der Waals surface area contributed by atoms with Crippen molar-refractivity contribution in [2.24, 2.45) is 17.2 Å². The number of carboxylic acids is 1. The molecule has 1 aromatic rings. The van der Waals surface area contributed by atoms with Gasteiger partial charge in [-0.05, 0) is 30.4 Å². The lowest BCUT2D eigenvalue weighted by molar-refractivity contribution is -0.142. The number of hydrogen-bond acceptors (Lipinski definition) is 8. The highest BCUT2D eigenvalue weighted by atomic mass is 32.2. The zero-order chi connectivity index (χ0) is 28.0. The van der Waals surface area contributed by atoms with Crippen molar-refractivity contribution in [2.45, 2.75) is 56.3 Å². The summed E-state index contributed by atoms with van der Waals surface area (Å²) in [4.78, 5) is 72.4. The average Bonchev–Trinajstić information content (AvgIpc) is 2.83. The summed E-state index contributed by atoms with van der Waals surface area (Å²) < 4.78 is 0. The number of primary amides is 2. The van der Waals surface area contributed by atoms with E-state index < -0.39 is 66.1 Å². The minimum absolute atomic E-state index is 0.0188. The molecule has 37 heavy (non-hydrogen) atoms. The van der Waals surface area contributed by atoms with Gasteiger partial charge in [0.2, 0.25) is 29.5 Å². The number of nitrogens with two attached hydrogens (primary N) is 3. The summed E-state index contributed by atoms with van der Waals surface area (Å²) in [7, 11) is 0. The van der Waals surface area contributed by atoms with E-state index in [1.165, 1.54) is 11.8 Å². The van der Waals surface area contributed by atoms with Gasteiger partial charge in [0, 0.05) is 12.8 Å². The highest BCUT2D eigenvalue weighted by Crippen LogP contribution is 2.08. The first kappa shape index (κ1) is 31.4. The minimum Gasteiger partial charge on any atom is -0.480 e. The number of rotatable bonds is 17. The fraction of sp³-hybridized carbons (Fsp3) is 0.478. The molecule has 1 rings (SSSR count). The van der Waals surface area contributed by atoms with Gasteiger partial charge in [0.05, 0.1) is 12.5 Å². The second-order valence-corrected chi connectivity index (χ2v) is 9.26. The Balaban J connectivity index is 3.10. The van der Waals surface area contributed by atoms with Crippen LogP contribution in [0.25, 0.3) is 0 Å². The normalized spacial score (nSPS) is 13.9. The summed E-state index contributed by atoms with van der Waals surface area (Å²) in [5.41, 5.74) is 16.5. The molecular formula is C23H34N6O7S. The molecule has 0 aliphatic rings. The van der Waals surface area contributed by atoms with Crippen LogP contribution in [0.15, 0.2) is 30.3 Å². The number of amides is 5. The summed E-state index contributed by atoms with van der Waals surface area (Å²) in [6, 6.07) is 3.73. The summed E-state index contributed by atoms with van der Waals surface area (Å²) in [5, 5.41) is 16.8. The topological polar surface area (TPSA) is 237 Å². The quantitative estimate of drug-likeness (QED) is 0.116. The van der Waals surface area contributed by atoms with Crippen LogP contribution in [-0.2, 0) is 35.2 Å². The zero-order valence-corrected chi connectivity index (χ0v) is 21.3. The highest BCUT2D eigenvalue weighted by Gasteiger charge is 2.30. The van der Waals surface area contributed by atoms with Crippen molar-refractivity contribution < 1.29 is 33.9 Å². The van der Waals surface area contributed by atoms with Crippen molar-refractivity contribution in [2.75, 3.05) is 12.0 Å². The van der Waals surface area contributed by atoms with Gasteiger partial charge in [-0.2, -0.15) is 11.8 Å². The van der Waals surface area contributed by atoms with E-state index in [1.807, 2.05) is 0 Å². The summed E-state index contributed by atoms with van der Waals surface area (Å²) in [6.07, 6.45) is 1.11. The molecule has 0 bridgehead atoms. The number of thioether (sulfide) groups is 1. The van der Waals surface area contributed by atoms with E-state index in [2.05, 4.69) is 16.0 Å². The van der Waals surface area contributed by atoms with Crippen LogP contribution in [0.2, 0.25) is 0 Å². The molecule has 4 unspecified atom stereocenters. The maximum atomic E-state index is 13.1. The Bertz CT molecular complexity index is 962. The second kappa shape index (κ2) is 16.2. The van der Waals surface area contributed by atoms with Crippen molar-refractivity contribution in [1.29, 1.82) is 0 Å². The van der Waals surface area contributed by atoms with Gasteiger partial charge in [0.25, 0.3) is 0 Å². The van der Waals surface area contributed by atoms with E-state index in [0.717, 1.165) is 0 Å². The van der Waals surface area contributed by atoms with Gasteiger partial charge in [0.1, 0.15) is 18.1 Å². The molecule has 5 amide bonds. The predicted molar refractivity (Wildman–Crippen MR) is 137 cm³/mol. The van der Waals surface area contributed by atoms with Crippen molar-refractivity contribution in [1.82, 2.24) is 16.0 Å². The lowest BCUT2D eigenvalue weighted by Gasteiger charge is -2.25. The third-order valence-corrected chi connectivity index (χ3v) is 5.86. The van der Waals surface area contributed by atoms with Crippen molar-refractivity contribution in [3.05, 3.63) is 35.9 Å². The fourth-order valence-corrected chi connectivity index (χ4v) is 3.71. The van der Waals surface area contributed by atoms with Crippen LogP contribution in [-0.4, -0.2) is 76.8 Å². The van der Waals surface area contributed by atoms with Gasteiger partial charge in [0.15, 0.2) is 0 Å². The first-order valence-corrected chi connectivity index (χ1v) is 12.8. The Morgan fingerprint density at radius 3 is 1.95 bits per heavy atom. The Kier molecular flexibility index (Phi) is 13.7. The largest absolute Gasteiger partial charge is 0.480 e. The molecule has 0 heterocycles. The molecule has 0 aromatic heterocycles. The lowest BCUT2D eigenvalue weighted by atomic mass is 10.0. The van der Waals surface area contributed by atoms with E-state index in [1.54, 1.807) is 36.6 Å². The van der Waals surface area contributed by atoms with Crippen LogP contribution in [0.3, 0.4) is 0 Å². The van der Waals surface area contributed by atoms with Gasteiger partial charge in [-0.1, -0.05) is 30.3 Å². The van der Waals surface area contributed by atoms with Crippen molar-refractivity contribution in [3.63, 3.8) is 0 Å². The molecule has 0 radical (unpaired) electrons. The first-order chi connectivity index (χ1) is 17.4. The molecule has 4 atom stereocenters. The number of hydrogen-bond donors (Lipinski definition) is 7. The molecular weight excluding hydrogens is 504 g/mol. The third kappa shape index (κ3) is 12.2. The van der Waals surface area contributed by atoms with Crippen LogP contribution >= 0.6 is 11.8 Å². The lowest BCUT2D eigenvalue weighted by Crippen LogP contribution is -2.58. The molecule has 0 spiro atoms. The molecule has 0 aliphatic heterocycles. The molecule has 204 valence electrons. The summed E-state index contributed by atoms with van der Waals surface area (Å²) >= 11 is 1.42. The van der Waals surface area contributed by atoms with Gasteiger partial charge in [-0.3, -0.25) is 24.0 Å². The average molecular weight is 539 g/mol. The second-order valence-electron chi connectivity index (χ2n) is 8.27. The maximum Gasteiger partial charge on any atom is 0.326 e. The fourth-order valence-electron chi connectivity index (χ4n) is 3.24. The van der Waals surface area contributed by atoms with Crippen LogP contribution in [0, 0.1) is 0 Å². The smallest absolute Gasteiger partial charge is 0.326 e. The first-order valence-electron chi connectivity index (χ1n) is 11.4. The standard InChI is InChI=1S/C23H34N6O7S/c1-37-10-9-15(27-20(32)14(24)12-19(26)31)21(33)29-17(11-13-5-3-2-4-6-13)22(34)28-16(23(35)36)7-8-18(25)30/h2-6,14-17H,7-12,24H2,1H3,(H2,25,30)(H2,26,31)(H,27,32)(H,28,34)(H,29,33)(H,35,36). The van der Waals surface area contributed by atoms with Crippen molar-refractivity contribution >= 4 is 47.3 Å². The van der Waals surface area contributed by atoms with E-state index in [9.17, 15) is 33.9 Å². The van der Waals surface area contributed by atoms with Crippen LogP contribution in [0.4, 0.5) is 0 Å². The molecule has 0 aliphatic carbocycles. The van der Waals surface area contributed by atoms with E-state index in [-0.39, 0.29) is 25.7 Å². The molecule has 13 nitrogen and oxygen atoms in total. The number of carboxylic acid groups (broad SMARTS) is 1. The maximum absolute atomic E-state index is 13.1. The van der Waals surface area contributed by atoms with Crippen LogP contribution in [0.5, 0.6) is 0 Å². The molecule has 10 N–H and O–H groups in total. The number of benzene rings is 1. The Morgan fingerprint density at radius 2 is 1.41 bits per heavy atom. The molecule has 0 fully saturated rings. The molecule has 1 aromatic carbocycles. The Labute approximate surface area is 218 Å². The SMILES string of the molecule is CSCCC(NC(=O)C(N)CC(N)=O)C(=O)NC(Cc1ccccc1)C(=O)NC(CCC(N)=O)C(=O)O. The number of carbonyl (C=O) groups is 6. The Hall–Kier alpha value is -3.65. The van der Waals surface area contributed by atoms with Gasteiger partial charge in [-0.25, -0.2) is 4.79 Å². The predicted octanol–water partition coefficient (Wildman–Crippen LogP) is -2.01. The van der Waals surface area contributed by atoms with Crippen molar-refractivity contribution in [3.8, 4) is 0 Å². The zero-order valence-electron chi connectivity index (χ0n) is 20.5. The number of aliphatic carboxylic acids is 1. The molecule has 0 saturated heterocycles. The third-order valence-electron chi connectivity index (χ3n) is 5.21. The molecule has 14 heteroatoms. The van der Waals surface area contributed by atoms with Crippen LogP contribution in [0.1, 0.15) is 31.2 Å². The molecule has 0 saturated carbocycles.